The number of para-hydroxylation sites is 1. The van der Waals surface area contributed by atoms with Gasteiger partial charge in [-0.25, -0.2) is 0 Å². The van der Waals surface area contributed by atoms with Crippen LogP contribution in [-0.2, 0) is 0 Å². The van der Waals surface area contributed by atoms with Gasteiger partial charge in [-0.15, -0.1) is 0 Å². The number of benzene rings is 3. The van der Waals surface area contributed by atoms with Crippen LogP contribution in [0.1, 0.15) is 31.2 Å². The van der Waals surface area contributed by atoms with Crippen LogP contribution in [0.2, 0.25) is 0 Å². The summed E-state index contributed by atoms with van der Waals surface area (Å²) in [6.07, 6.45) is 10.8. The Morgan fingerprint density at radius 1 is 0.844 bits per heavy atom. The lowest BCUT2D eigenvalue weighted by Gasteiger charge is -2.18. The molecule has 1 aliphatic carbocycles. The quantitative estimate of drug-likeness (QED) is 0.267. The van der Waals surface area contributed by atoms with Crippen molar-refractivity contribution >= 4 is 50.7 Å². The molecule has 2 aliphatic rings. The van der Waals surface area contributed by atoms with Gasteiger partial charge in [0.25, 0.3) is 0 Å². The molecule has 0 spiro atoms. The maximum atomic E-state index is 4.10. The van der Waals surface area contributed by atoms with Crippen LogP contribution < -0.4 is 10.9 Å². The molecule has 0 atom stereocenters. The van der Waals surface area contributed by atoms with Crippen molar-refractivity contribution in [2.45, 2.75) is 25.7 Å². The minimum Gasteiger partial charge on any atom is -0.309 e. The summed E-state index contributed by atoms with van der Waals surface area (Å²) in [4.78, 5) is 0. The molecule has 0 radical (unpaired) electrons. The van der Waals surface area contributed by atoms with E-state index in [2.05, 4.69) is 84.5 Å². The van der Waals surface area contributed by atoms with Crippen LogP contribution in [0.5, 0.6) is 0 Å². The lowest BCUT2D eigenvalue weighted by molar-refractivity contribution is 0.734. The lowest BCUT2D eigenvalue weighted by Crippen LogP contribution is -2.42. The molecule has 0 saturated carbocycles. The number of hydrogen-bond donors (Lipinski definition) is 0. The van der Waals surface area contributed by atoms with Crippen LogP contribution in [0.15, 0.2) is 104 Å². The lowest BCUT2D eigenvalue weighted by atomic mass is 9.36. The molecule has 3 aromatic carbocycles. The van der Waals surface area contributed by atoms with E-state index in [1.807, 2.05) is 18.2 Å². The topological polar surface area (TPSA) is 4.93 Å². The van der Waals surface area contributed by atoms with Crippen LogP contribution in [0.3, 0.4) is 0 Å². The summed E-state index contributed by atoms with van der Waals surface area (Å²) in [7, 11) is 0. The molecule has 2 heterocycles. The van der Waals surface area contributed by atoms with Crippen molar-refractivity contribution in [1.82, 2.24) is 4.57 Å². The van der Waals surface area contributed by atoms with E-state index in [0.29, 0.717) is 6.71 Å². The highest BCUT2D eigenvalue weighted by Gasteiger charge is 2.38. The first-order chi connectivity index (χ1) is 15.8. The molecule has 2 heteroatoms. The average molecular weight is 411 g/mol. The highest BCUT2D eigenvalue weighted by molar-refractivity contribution is 6.95. The summed E-state index contributed by atoms with van der Waals surface area (Å²) < 4.78 is 2.35. The van der Waals surface area contributed by atoms with Crippen molar-refractivity contribution in [1.29, 1.82) is 0 Å². The van der Waals surface area contributed by atoms with Gasteiger partial charge in [-0.05, 0) is 61.1 Å². The molecule has 32 heavy (non-hydrogen) atoms. The Morgan fingerprint density at radius 2 is 1.62 bits per heavy atom. The van der Waals surface area contributed by atoms with Gasteiger partial charge in [0.1, 0.15) is 0 Å². The molecule has 0 fully saturated rings. The molecule has 0 unspecified atom stereocenters. The minimum atomic E-state index is 0.347. The van der Waals surface area contributed by atoms with Gasteiger partial charge in [0, 0.05) is 16.5 Å². The fourth-order valence-corrected chi connectivity index (χ4v) is 6.03. The minimum absolute atomic E-state index is 0.347. The van der Waals surface area contributed by atoms with E-state index in [0.717, 1.165) is 5.70 Å². The Kier molecular flexibility index (Phi) is 4.54. The van der Waals surface area contributed by atoms with Gasteiger partial charge in [0.15, 0.2) is 0 Å². The Bertz CT molecular complexity index is 1450. The summed E-state index contributed by atoms with van der Waals surface area (Å²) in [6.45, 7) is 8.38. The number of fused-ring (bicyclic) bond motifs is 6. The number of rotatable bonds is 4. The third-order valence-electron chi connectivity index (χ3n) is 7.24. The molecule has 0 N–H and O–H groups in total. The fraction of sp³-hybridized carbons (Fsp3) is 0.133. The zero-order chi connectivity index (χ0) is 21.7. The summed E-state index contributed by atoms with van der Waals surface area (Å²) in [6, 6.07) is 24.6. The molecule has 0 saturated heterocycles. The van der Waals surface area contributed by atoms with Crippen molar-refractivity contribution in [3.8, 4) is 0 Å². The van der Waals surface area contributed by atoms with Gasteiger partial charge < -0.3 is 4.57 Å². The van der Waals surface area contributed by atoms with Crippen molar-refractivity contribution in [3.63, 3.8) is 0 Å². The van der Waals surface area contributed by atoms with E-state index < -0.39 is 0 Å². The number of nitrogens with zero attached hydrogens (tertiary/aromatic N) is 1. The maximum Gasteiger partial charge on any atom is 0.239 e. The van der Waals surface area contributed by atoms with Gasteiger partial charge >= 0.3 is 0 Å². The molecule has 154 valence electrons. The van der Waals surface area contributed by atoms with Crippen molar-refractivity contribution < 1.29 is 0 Å². The van der Waals surface area contributed by atoms with Gasteiger partial charge in [0.05, 0.1) is 11.0 Å². The van der Waals surface area contributed by atoms with E-state index in [9.17, 15) is 0 Å². The normalized spacial score (nSPS) is 15.9. The Hall–Kier alpha value is -3.52. The van der Waals surface area contributed by atoms with E-state index in [4.69, 9.17) is 0 Å². The van der Waals surface area contributed by atoms with Crippen LogP contribution in [0, 0.1) is 0 Å². The number of aromatic nitrogens is 1. The maximum absolute atomic E-state index is 4.10. The average Bonchev–Trinajstić information content (AvgIpc) is 3.36. The monoisotopic (exact) mass is 411 g/mol. The molecular weight excluding hydrogens is 385 g/mol. The number of allylic oxidation sites excluding steroid dienone is 6. The predicted octanol–water partition coefficient (Wildman–Crippen LogP) is 6.50. The third-order valence-corrected chi connectivity index (χ3v) is 7.24. The summed E-state index contributed by atoms with van der Waals surface area (Å²) in [5, 5.41) is 2.70. The highest BCUT2D eigenvalue weighted by Crippen LogP contribution is 2.42. The Labute approximate surface area is 190 Å². The van der Waals surface area contributed by atoms with E-state index >= 15 is 0 Å². The Morgan fingerprint density at radius 3 is 2.44 bits per heavy atom. The summed E-state index contributed by atoms with van der Waals surface area (Å²) in [5.74, 6) is 0. The largest absolute Gasteiger partial charge is 0.309 e. The van der Waals surface area contributed by atoms with Crippen molar-refractivity contribution in [2.75, 3.05) is 0 Å². The van der Waals surface area contributed by atoms with Gasteiger partial charge in [-0.2, -0.15) is 0 Å². The van der Waals surface area contributed by atoms with Crippen LogP contribution >= 0.6 is 0 Å². The Balaban J connectivity index is 1.76. The number of hydrogen-bond acceptors (Lipinski definition) is 0. The van der Waals surface area contributed by atoms with E-state index in [1.165, 1.54) is 64.0 Å². The second-order valence-electron chi connectivity index (χ2n) is 8.86. The molecule has 0 bridgehead atoms. The second kappa shape index (κ2) is 7.56. The first-order valence-corrected chi connectivity index (χ1v) is 11.6. The molecule has 6 rings (SSSR count). The van der Waals surface area contributed by atoms with Crippen molar-refractivity contribution in [3.05, 3.63) is 109 Å². The highest BCUT2D eigenvalue weighted by atomic mass is 15.0. The molecular formula is C30H26BN. The van der Waals surface area contributed by atoms with Crippen molar-refractivity contribution in [2.24, 2.45) is 0 Å². The smallest absolute Gasteiger partial charge is 0.239 e. The predicted molar refractivity (Wildman–Crippen MR) is 141 cm³/mol. The van der Waals surface area contributed by atoms with Gasteiger partial charge in [0.2, 0.25) is 6.71 Å². The molecule has 1 nitrogen and oxygen atoms in total. The van der Waals surface area contributed by atoms with E-state index in [-0.39, 0.29) is 0 Å². The summed E-state index contributed by atoms with van der Waals surface area (Å²) in [5.41, 5.74) is 11.2. The molecule has 1 aromatic heterocycles. The van der Waals surface area contributed by atoms with E-state index in [1.54, 1.807) is 11.0 Å². The third kappa shape index (κ3) is 2.66. The second-order valence-corrected chi connectivity index (χ2v) is 8.86. The van der Waals surface area contributed by atoms with Gasteiger partial charge in [-0.3, -0.25) is 0 Å². The SMILES string of the molecule is C=C/C=C(\C=C)n1c2ccccc2c2c3c(ccc21)C1=C(CCCC1)B3c1ccccc1. The first-order valence-electron chi connectivity index (χ1n) is 11.6. The fourth-order valence-electron chi connectivity index (χ4n) is 6.03. The van der Waals surface area contributed by atoms with Gasteiger partial charge in [-0.1, -0.05) is 90.2 Å². The van der Waals surface area contributed by atoms with Crippen LogP contribution in [0.4, 0.5) is 0 Å². The zero-order valence-electron chi connectivity index (χ0n) is 18.4. The molecule has 0 amide bonds. The standard InChI is InChI=1S/C30H26BN/c1-3-12-22(4-2)32-27-18-11-9-16-25(27)29-28(32)20-19-24-23-15-8-10-17-26(23)31(30(24)29)21-13-6-5-7-14-21/h3-7,9,11-14,16,18-20H,1-2,8,10,15,17H2/b22-12+. The molecule has 1 aliphatic heterocycles. The van der Waals surface area contributed by atoms with Crippen LogP contribution in [0.25, 0.3) is 33.1 Å². The zero-order valence-corrected chi connectivity index (χ0v) is 18.4. The first kappa shape index (κ1) is 19.2. The molecule has 4 aromatic rings. The van der Waals surface area contributed by atoms with Crippen LogP contribution in [-0.4, -0.2) is 11.3 Å². The summed E-state index contributed by atoms with van der Waals surface area (Å²) >= 11 is 0.